The van der Waals surface area contributed by atoms with E-state index in [-0.39, 0.29) is 48.8 Å². The molecule has 0 spiro atoms. The second-order valence-corrected chi connectivity index (χ2v) is 8.06. The monoisotopic (exact) mass is 458 g/mol. The quantitative estimate of drug-likeness (QED) is 0.521. The Morgan fingerprint density at radius 1 is 1.30 bits per heavy atom. The number of amides is 1. The van der Waals surface area contributed by atoms with Crippen molar-refractivity contribution < 1.29 is 9.53 Å². The summed E-state index contributed by atoms with van der Waals surface area (Å²) in [4.78, 5) is 20.6. The lowest BCUT2D eigenvalue weighted by atomic mass is 9.83. The lowest BCUT2D eigenvalue weighted by Gasteiger charge is -2.33. The first-order chi connectivity index (χ1) is 13.5. The minimum Gasteiger partial charge on any atom is -0.377 e. The zero-order valence-electron chi connectivity index (χ0n) is 18.2. The number of H-pyrrole nitrogens is 1. The van der Waals surface area contributed by atoms with Gasteiger partial charge in [0, 0.05) is 31.5 Å². The molecule has 30 heavy (non-hydrogen) atoms. The summed E-state index contributed by atoms with van der Waals surface area (Å²) >= 11 is 0. The molecule has 6 nitrogen and oxygen atoms in total. The molecule has 1 aromatic heterocycles. The lowest BCUT2D eigenvalue weighted by molar-refractivity contribution is -0.128. The molecule has 1 fully saturated rings. The van der Waals surface area contributed by atoms with Crippen LogP contribution in [0.25, 0.3) is 11.0 Å². The zero-order valence-corrected chi connectivity index (χ0v) is 19.8. The lowest BCUT2D eigenvalue weighted by Crippen LogP contribution is -2.46. The summed E-state index contributed by atoms with van der Waals surface area (Å²) in [7, 11) is 0. The largest absolute Gasteiger partial charge is 0.377 e. The normalized spacial score (nSPS) is 21.0. The van der Waals surface area contributed by atoms with Crippen LogP contribution in [0.5, 0.6) is 0 Å². The van der Waals surface area contributed by atoms with Crippen LogP contribution < -0.4 is 11.1 Å². The van der Waals surface area contributed by atoms with Gasteiger partial charge in [-0.15, -0.1) is 24.8 Å². The van der Waals surface area contributed by atoms with Crippen molar-refractivity contribution in [3.05, 3.63) is 29.1 Å². The van der Waals surface area contributed by atoms with E-state index in [4.69, 9.17) is 15.5 Å². The second kappa shape index (κ2) is 12.5. The van der Waals surface area contributed by atoms with E-state index in [1.54, 1.807) is 0 Å². The predicted octanol–water partition coefficient (Wildman–Crippen LogP) is 3.99. The van der Waals surface area contributed by atoms with Gasteiger partial charge in [-0.2, -0.15) is 0 Å². The van der Waals surface area contributed by atoms with Gasteiger partial charge in [-0.3, -0.25) is 4.79 Å². The summed E-state index contributed by atoms with van der Waals surface area (Å²) in [6, 6.07) is 4.25. The minimum absolute atomic E-state index is 0. The molecule has 1 amide bonds. The smallest absolute Gasteiger partial charge is 0.223 e. The first-order valence-corrected chi connectivity index (χ1v) is 10.6. The van der Waals surface area contributed by atoms with Gasteiger partial charge in [0.25, 0.3) is 0 Å². The van der Waals surface area contributed by atoms with Crippen LogP contribution in [0.15, 0.2) is 12.1 Å². The number of nitrogens with one attached hydrogen (secondary N) is 2. The highest BCUT2D eigenvalue weighted by Crippen LogP contribution is 2.26. The van der Waals surface area contributed by atoms with Crippen molar-refractivity contribution in [1.29, 1.82) is 0 Å². The Labute approximate surface area is 191 Å². The highest BCUT2D eigenvalue weighted by atomic mass is 35.5. The van der Waals surface area contributed by atoms with Gasteiger partial charge in [-0.05, 0) is 63.1 Å². The van der Waals surface area contributed by atoms with E-state index in [1.807, 2.05) is 0 Å². The maximum Gasteiger partial charge on any atom is 0.223 e. The number of aromatic amines is 1. The van der Waals surface area contributed by atoms with Gasteiger partial charge < -0.3 is 20.8 Å². The molecule has 1 heterocycles. The van der Waals surface area contributed by atoms with E-state index in [0.29, 0.717) is 13.2 Å². The van der Waals surface area contributed by atoms with E-state index in [9.17, 15) is 4.79 Å². The maximum atomic E-state index is 12.5. The van der Waals surface area contributed by atoms with Crippen LogP contribution in [-0.2, 0) is 16.0 Å². The predicted molar refractivity (Wildman–Crippen MR) is 127 cm³/mol. The molecule has 3 rings (SSSR count). The number of benzene rings is 1. The van der Waals surface area contributed by atoms with Gasteiger partial charge in [0.1, 0.15) is 5.82 Å². The summed E-state index contributed by atoms with van der Waals surface area (Å²) in [5.41, 5.74) is 10.8. The van der Waals surface area contributed by atoms with Gasteiger partial charge in [0.15, 0.2) is 0 Å². The Morgan fingerprint density at radius 2 is 2.07 bits per heavy atom. The number of nitrogens with zero attached hydrogens (tertiary/aromatic N) is 1. The molecule has 0 saturated heterocycles. The van der Waals surface area contributed by atoms with Crippen LogP contribution >= 0.6 is 24.8 Å². The van der Waals surface area contributed by atoms with Crippen LogP contribution in [0.1, 0.15) is 56.0 Å². The number of aromatic nitrogens is 2. The molecule has 1 aromatic carbocycles. The Kier molecular flexibility index (Phi) is 11.1. The van der Waals surface area contributed by atoms with E-state index >= 15 is 0 Å². The molecule has 0 radical (unpaired) electrons. The maximum absolute atomic E-state index is 12.5. The fourth-order valence-corrected chi connectivity index (χ4v) is 3.95. The van der Waals surface area contributed by atoms with Gasteiger partial charge in [-0.25, -0.2) is 4.98 Å². The molecule has 1 aliphatic carbocycles. The van der Waals surface area contributed by atoms with E-state index in [0.717, 1.165) is 55.4 Å². The molecular formula is C22H36Cl2N4O2. The Hall–Kier alpha value is -1.34. The molecule has 0 unspecified atom stereocenters. The van der Waals surface area contributed by atoms with Crippen molar-refractivity contribution in [3.8, 4) is 0 Å². The summed E-state index contributed by atoms with van der Waals surface area (Å²) in [6.07, 6.45) is 5.10. The Bertz CT molecular complexity index is 812. The standard InChI is InChI=1S/C22H34N4O2.2ClH/c1-4-12-28-19-13-16(8-9-17(19)23)22(27)24-11-5-6-20-25-18-10-7-14(2)15(3)21(18)26-20;;/h7,10,16-17,19H,4-6,8-9,11-13,23H2,1-3H3,(H,24,27)(H,25,26);2*1H/t16-,17-,19-;;/m0../s1. The van der Waals surface area contributed by atoms with Crippen LogP contribution in [0, 0.1) is 19.8 Å². The van der Waals surface area contributed by atoms with Crippen molar-refractivity contribution in [2.75, 3.05) is 13.2 Å². The first kappa shape index (κ1) is 26.7. The number of rotatable bonds is 8. The number of hydrogen-bond acceptors (Lipinski definition) is 4. The molecule has 4 N–H and O–H groups in total. The molecule has 8 heteroatoms. The van der Waals surface area contributed by atoms with Crippen molar-refractivity contribution in [3.63, 3.8) is 0 Å². The number of hydrogen-bond donors (Lipinski definition) is 3. The highest BCUT2D eigenvalue weighted by molar-refractivity contribution is 5.85. The molecule has 2 aromatic rings. The fourth-order valence-electron chi connectivity index (χ4n) is 3.95. The average molecular weight is 459 g/mol. The second-order valence-electron chi connectivity index (χ2n) is 8.06. The number of ether oxygens (including phenoxy) is 1. The third-order valence-electron chi connectivity index (χ3n) is 5.87. The molecule has 1 saturated carbocycles. The number of carbonyl (C=O) groups excluding carboxylic acids is 1. The fraction of sp³-hybridized carbons (Fsp3) is 0.636. The molecule has 0 aliphatic heterocycles. The van der Waals surface area contributed by atoms with Gasteiger partial charge >= 0.3 is 0 Å². The summed E-state index contributed by atoms with van der Waals surface area (Å²) in [6.45, 7) is 7.67. The first-order valence-electron chi connectivity index (χ1n) is 10.6. The topological polar surface area (TPSA) is 93.0 Å². The third-order valence-corrected chi connectivity index (χ3v) is 5.87. The summed E-state index contributed by atoms with van der Waals surface area (Å²) in [5, 5.41) is 3.09. The Balaban J connectivity index is 0.00000225. The number of imidazole rings is 1. The SMILES string of the molecule is CCCO[C@H]1C[C@@H](C(=O)NCCCc2nc3c(C)c(C)ccc3[nH]2)CC[C@@H]1N.Cl.Cl. The molecule has 0 bridgehead atoms. The third kappa shape index (κ3) is 6.58. The van der Waals surface area contributed by atoms with Gasteiger partial charge in [0.2, 0.25) is 5.91 Å². The minimum atomic E-state index is 0. The Morgan fingerprint density at radius 3 is 2.80 bits per heavy atom. The van der Waals surface area contributed by atoms with Crippen molar-refractivity contribution in [1.82, 2.24) is 15.3 Å². The van der Waals surface area contributed by atoms with Crippen molar-refractivity contribution in [2.45, 2.75) is 71.4 Å². The number of fused-ring (bicyclic) bond motifs is 1. The van der Waals surface area contributed by atoms with Gasteiger partial charge in [0.05, 0.1) is 17.1 Å². The number of halogens is 2. The highest BCUT2D eigenvalue weighted by Gasteiger charge is 2.32. The summed E-state index contributed by atoms with van der Waals surface area (Å²) in [5.74, 6) is 1.13. The van der Waals surface area contributed by atoms with Crippen LogP contribution in [0.4, 0.5) is 0 Å². The van der Waals surface area contributed by atoms with E-state index in [2.05, 4.69) is 43.2 Å². The number of carbonyl (C=O) groups is 1. The molecular weight excluding hydrogens is 423 g/mol. The van der Waals surface area contributed by atoms with Gasteiger partial charge in [-0.1, -0.05) is 13.0 Å². The van der Waals surface area contributed by atoms with Crippen LogP contribution in [0.3, 0.4) is 0 Å². The number of nitrogens with two attached hydrogens (primary N) is 1. The summed E-state index contributed by atoms with van der Waals surface area (Å²) < 4.78 is 5.84. The average Bonchev–Trinajstić information content (AvgIpc) is 3.11. The van der Waals surface area contributed by atoms with E-state index in [1.165, 1.54) is 11.1 Å². The van der Waals surface area contributed by atoms with Crippen molar-refractivity contribution in [2.24, 2.45) is 11.7 Å². The molecule has 170 valence electrons. The zero-order chi connectivity index (χ0) is 20.1. The number of aryl methyl sites for hydroxylation is 3. The van der Waals surface area contributed by atoms with Crippen LogP contribution in [-0.4, -0.2) is 41.2 Å². The molecule has 1 aliphatic rings. The van der Waals surface area contributed by atoms with E-state index < -0.39 is 0 Å². The molecule has 3 atom stereocenters. The van der Waals surface area contributed by atoms with Crippen molar-refractivity contribution >= 4 is 41.8 Å². The van der Waals surface area contributed by atoms with Crippen LogP contribution in [0.2, 0.25) is 0 Å².